The van der Waals surface area contributed by atoms with Gasteiger partial charge in [0, 0.05) is 11.1 Å². The Labute approximate surface area is 99.6 Å². The molecule has 4 nitrogen and oxygen atoms in total. The number of hydrogen-bond donors (Lipinski definition) is 2. The van der Waals surface area contributed by atoms with E-state index in [-0.39, 0.29) is 13.2 Å². The number of halogens is 1. The van der Waals surface area contributed by atoms with Crippen molar-refractivity contribution in [2.45, 2.75) is 12.5 Å². The number of ether oxygens (including phenoxy) is 1. The first-order chi connectivity index (χ1) is 7.16. The summed E-state index contributed by atoms with van der Waals surface area (Å²) in [7, 11) is 0. The van der Waals surface area contributed by atoms with E-state index in [2.05, 4.69) is 15.9 Å². The SMILES string of the molecule is O=C(O)C(OCCCO)c1sccc1Br. The van der Waals surface area contributed by atoms with Crippen molar-refractivity contribution in [2.75, 3.05) is 13.2 Å². The van der Waals surface area contributed by atoms with Crippen LogP contribution in [-0.4, -0.2) is 29.4 Å². The van der Waals surface area contributed by atoms with Crippen LogP contribution >= 0.6 is 27.3 Å². The third kappa shape index (κ3) is 3.57. The molecule has 0 aliphatic rings. The molecular formula is C9H11BrO4S. The van der Waals surface area contributed by atoms with Gasteiger partial charge in [-0.15, -0.1) is 11.3 Å². The summed E-state index contributed by atoms with van der Waals surface area (Å²) in [5.74, 6) is -1.02. The molecule has 1 aromatic heterocycles. The van der Waals surface area contributed by atoms with Crippen molar-refractivity contribution >= 4 is 33.2 Å². The minimum atomic E-state index is -1.02. The highest BCUT2D eigenvalue weighted by molar-refractivity contribution is 9.10. The van der Waals surface area contributed by atoms with Crippen molar-refractivity contribution in [3.05, 3.63) is 20.8 Å². The number of carboxylic acid groups (broad SMARTS) is 1. The highest BCUT2D eigenvalue weighted by Crippen LogP contribution is 2.31. The van der Waals surface area contributed by atoms with Gasteiger partial charge >= 0.3 is 5.97 Å². The van der Waals surface area contributed by atoms with Gasteiger partial charge in [0.2, 0.25) is 0 Å². The maximum Gasteiger partial charge on any atom is 0.338 e. The van der Waals surface area contributed by atoms with E-state index in [0.717, 1.165) is 4.47 Å². The Hall–Kier alpha value is -0.430. The van der Waals surface area contributed by atoms with Crippen LogP contribution in [0.5, 0.6) is 0 Å². The molecule has 0 bridgehead atoms. The minimum Gasteiger partial charge on any atom is -0.479 e. The van der Waals surface area contributed by atoms with Gasteiger partial charge in [-0.3, -0.25) is 0 Å². The highest BCUT2D eigenvalue weighted by atomic mass is 79.9. The van der Waals surface area contributed by atoms with E-state index >= 15 is 0 Å². The number of rotatable bonds is 6. The normalized spacial score (nSPS) is 12.7. The van der Waals surface area contributed by atoms with Gasteiger partial charge in [0.25, 0.3) is 0 Å². The number of thiophene rings is 1. The van der Waals surface area contributed by atoms with E-state index in [1.54, 1.807) is 11.4 Å². The second-order valence-corrected chi connectivity index (χ2v) is 4.60. The van der Waals surface area contributed by atoms with Gasteiger partial charge in [-0.1, -0.05) is 0 Å². The van der Waals surface area contributed by atoms with Gasteiger partial charge < -0.3 is 14.9 Å². The fourth-order valence-electron chi connectivity index (χ4n) is 1.02. The van der Waals surface area contributed by atoms with E-state index in [4.69, 9.17) is 14.9 Å². The molecule has 1 rings (SSSR count). The molecule has 0 fully saturated rings. The summed E-state index contributed by atoms with van der Waals surface area (Å²) in [6.07, 6.45) is -0.516. The summed E-state index contributed by atoms with van der Waals surface area (Å²) in [6.45, 7) is 0.232. The number of aliphatic hydroxyl groups is 1. The van der Waals surface area contributed by atoms with Crippen molar-refractivity contribution in [2.24, 2.45) is 0 Å². The lowest BCUT2D eigenvalue weighted by Gasteiger charge is -2.12. The molecule has 0 aromatic carbocycles. The molecule has 0 aliphatic carbocycles. The van der Waals surface area contributed by atoms with Crippen LogP contribution in [0.15, 0.2) is 15.9 Å². The molecular weight excluding hydrogens is 284 g/mol. The van der Waals surface area contributed by atoms with Crippen molar-refractivity contribution in [1.29, 1.82) is 0 Å². The summed E-state index contributed by atoms with van der Waals surface area (Å²) >= 11 is 4.59. The molecule has 84 valence electrons. The molecule has 0 radical (unpaired) electrons. The minimum absolute atomic E-state index is 0.00203. The quantitative estimate of drug-likeness (QED) is 0.788. The van der Waals surface area contributed by atoms with Crippen LogP contribution < -0.4 is 0 Å². The number of carboxylic acids is 1. The first kappa shape index (κ1) is 12.6. The Morgan fingerprint density at radius 3 is 2.87 bits per heavy atom. The third-order valence-electron chi connectivity index (χ3n) is 1.69. The topological polar surface area (TPSA) is 66.8 Å². The number of carbonyl (C=O) groups is 1. The lowest BCUT2D eigenvalue weighted by Crippen LogP contribution is -2.15. The average molecular weight is 295 g/mol. The first-order valence-corrected chi connectivity index (χ1v) is 6.02. The van der Waals surface area contributed by atoms with Crippen LogP contribution in [0.2, 0.25) is 0 Å². The van der Waals surface area contributed by atoms with Crippen molar-refractivity contribution in [3.8, 4) is 0 Å². The predicted molar refractivity (Wildman–Crippen MR) is 60.1 cm³/mol. The van der Waals surface area contributed by atoms with Crippen molar-refractivity contribution in [3.63, 3.8) is 0 Å². The predicted octanol–water partition coefficient (Wildman–Crippen LogP) is 2.04. The summed E-state index contributed by atoms with van der Waals surface area (Å²) in [5, 5.41) is 19.3. The van der Waals surface area contributed by atoms with Crippen LogP contribution in [0.1, 0.15) is 17.4 Å². The van der Waals surface area contributed by atoms with Gasteiger partial charge in [-0.25, -0.2) is 4.79 Å². The van der Waals surface area contributed by atoms with Crippen LogP contribution in [0.4, 0.5) is 0 Å². The van der Waals surface area contributed by atoms with Gasteiger partial charge in [0.05, 0.1) is 11.5 Å². The fraction of sp³-hybridized carbons (Fsp3) is 0.444. The smallest absolute Gasteiger partial charge is 0.338 e. The lowest BCUT2D eigenvalue weighted by molar-refractivity contribution is -0.150. The second kappa shape index (κ2) is 6.22. The van der Waals surface area contributed by atoms with Crippen LogP contribution in [0, 0.1) is 0 Å². The van der Waals surface area contributed by atoms with Gasteiger partial charge in [0.15, 0.2) is 6.10 Å². The molecule has 1 atom stereocenters. The van der Waals surface area contributed by atoms with E-state index in [1.165, 1.54) is 11.3 Å². The molecule has 0 amide bonds. The van der Waals surface area contributed by atoms with Crippen LogP contribution in [-0.2, 0) is 9.53 Å². The van der Waals surface area contributed by atoms with E-state index in [9.17, 15) is 4.79 Å². The molecule has 0 spiro atoms. The molecule has 0 saturated carbocycles. The lowest BCUT2D eigenvalue weighted by atomic mass is 10.3. The standard InChI is InChI=1S/C9H11BrO4S/c10-6-2-5-15-8(6)7(9(12)13)14-4-1-3-11/h2,5,7,11H,1,3-4H2,(H,12,13). The number of aliphatic carboxylic acids is 1. The zero-order chi connectivity index (χ0) is 11.3. The molecule has 1 aromatic rings. The maximum absolute atomic E-state index is 10.9. The maximum atomic E-state index is 10.9. The average Bonchev–Trinajstić information content (AvgIpc) is 2.59. The van der Waals surface area contributed by atoms with Crippen molar-refractivity contribution in [1.82, 2.24) is 0 Å². The fourth-order valence-corrected chi connectivity index (χ4v) is 2.64. The Bertz CT molecular complexity index is 326. The number of aliphatic hydroxyl groups excluding tert-OH is 1. The second-order valence-electron chi connectivity index (χ2n) is 2.80. The largest absolute Gasteiger partial charge is 0.479 e. The van der Waals surface area contributed by atoms with Gasteiger partial charge in [-0.2, -0.15) is 0 Å². The molecule has 15 heavy (non-hydrogen) atoms. The number of hydrogen-bond acceptors (Lipinski definition) is 4. The van der Waals surface area contributed by atoms with E-state index in [0.29, 0.717) is 11.3 Å². The zero-order valence-corrected chi connectivity index (χ0v) is 10.3. The molecule has 0 aliphatic heterocycles. The highest BCUT2D eigenvalue weighted by Gasteiger charge is 2.23. The monoisotopic (exact) mass is 294 g/mol. The third-order valence-corrected chi connectivity index (χ3v) is 3.61. The summed E-state index contributed by atoms with van der Waals surface area (Å²) < 4.78 is 5.93. The zero-order valence-electron chi connectivity index (χ0n) is 7.85. The van der Waals surface area contributed by atoms with Crippen molar-refractivity contribution < 1.29 is 19.7 Å². The van der Waals surface area contributed by atoms with E-state index < -0.39 is 12.1 Å². The molecule has 1 heterocycles. The van der Waals surface area contributed by atoms with Crippen LogP contribution in [0.25, 0.3) is 0 Å². The summed E-state index contributed by atoms with van der Waals surface area (Å²) in [4.78, 5) is 11.6. The molecule has 6 heteroatoms. The van der Waals surface area contributed by atoms with E-state index in [1.807, 2.05) is 0 Å². The van der Waals surface area contributed by atoms with Gasteiger partial charge in [0.1, 0.15) is 0 Å². The van der Waals surface area contributed by atoms with Crippen LogP contribution in [0.3, 0.4) is 0 Å². The molecule has 0 saturated heterocycles. The Morgan fingerprint density at radius 1 is 1.67 bits per heavy atom. The first-order valence-electron chi connectivity index (χ1n) is 4.35. The Morgan fingerprint density at radius 2 is 2.40 bits per heavy atom. The molecule has 2 N–H and O–H groups in total. The van der Waals surface area contributed by atoms with Gasteiger partial charge in [-0.05, 0) is 33.8 Å². The Kier molecular flexibility index (Phi) is 5.24. The molecule has 1 unspecified atom stereocenters. The summed E-state index contributed by atoms with van der Waals surface area (Å²) in [5.41, 5.74) is 0. The Balaban J connectivity index is 2.67. The summed E-state index contributed by atoms with van der Waals surface area (Å²) in [6, 6.07) is 1.78.